The minimum atomic E-state index is 0.646. The van der Waals surface area contributed by atoms with E-state index in [2.05, 4.69) is 45.5 Å². The molecule has 1 aromatic heterocycles. The predicted octanol–water partition coefficient (Wildman–Crippen LogP) is 4.83. The lowest BCUT2D eigenvalue weighted by Crippen LogP contribution is -1.96. The molecule has 4 nitrogen and oxygen atoms in total. The Morgan fingerprint density at radius 1 is 1.04 bits per heavy atom. The molecule has 0 amide bonds. The number of hydrogen-bond donors (Lipinski definition) is 0. The average molecular weight is 353 g/mol. The Morgan fingerprint density at radius 2 is 1.88 bits per heavy atom. The van der Waals surface area contributed by atoms with Crippen molar-refractivity contribution in [1.29, 1.82) is 0 Å². The molecule has 6 heteroatoms. The van der Waals surface area contributed by atoms with Crippen molar-refractivity contribution in [2.45, 2.75) is 17.9 Å². The van der Waals surface area contributed by atoms with Gasteiger partial charge in [-0.3, -0.25) is 0 Å². The maximum atomic E-state index is 5.35. The summed E-state index contributed by atoms with van der Waals surface area (Å²) in [7, 11) is 0. The van der Waals surface area contributed by atoms with Crippen LogP contribution in [0.5, 0.6) is 0 Å². The van der Waals surface area contributed by atoms with Crippen LogP contribution in [0.4, 0.5) is 5.69 Å². The third-order valence-corrected chi connectivity index (χ3v) is 5.82. The Morgan fingerprint density at radius 3 is 2.79 bits per heavy atom. The standard InChI is InChI=1S/C18H15N3OS2/c1-2-6-13(7-3-1)10-16-20-17(22-21-16)12-24-18-19-15-9-5-4-8-14(15)11-23-18/h1-9H,10-12H2. The first kappa shape index (κ1) is 15.5. The minimum Gasteiger partial charge on any atom is -0.338 e. The van der Waals surface area contributed by atoms with E-state index in [-0.39, 0.29) is 0 Å². The molecule has 0 bridgehead atoms. The predicted molar refractivity (Wildman–Crippen MR) is 99.7 cm³/mol. The highest BCUT2D eigenvalue weighted by molar-refractivity contribution is 8.38. The van der Waals surface area contributed by atoms with Crippen molar-refractivity contribution in [3.05, 3.63) is 77.4 Å². The van der Waals surface area contributed by atoms with Crippen LogP contribution >= 0.6 is 23.5 Å². The molecular formula is C18H15N3OS2. The van der Waals surface area contributed by atoms with Crippen molar-refractivity contribution < 1.29 is 4.52 Å². The summed E-state index contributed by atoms with van der Waals surface area (Å²) >= 11 is 3.41. The van der Waals surface area contributed by atoms with Gasteiger partial charge in [0.15, 0.2) is 5.82 Å². The second-order valence-corrected chi connectivity index (χ2v) is 7.54. The molecule has 1 aliphatic rings. The van der Waals surface area contributed by atoms with Gasteiger partial charge >= 0.3 is 0 Å². The first-order chi connectivity index (χ1) is 11.9. The summed E-state index contributed by atoms with van der Waals surface area (Å²) in [6.45, 7) is 0. The molecule has 0 spiro atoms. The molecule has 0 saturated heterocycles. The van der Waals surface area contributed by atoms with Crippen LogP contribution in [-0.2, 0) is 17.9 Å². The molecule has 0 radical (unpaired) electrons. The fourth-order valence-corrected chi connectivity index (χ4v) is 4.31. The third kappa shape index (κ3) is 3.71. The number of aromatic nitrogens is 2. The lowest BCUT2D eigenvalue weighted by Gasteiger charge is -2.13. The summed E-state index contributed by atoms with van der Waals surface area (Å²) in [5.41, 5.74) is 3.53. The third-order valence-electron chi connectivity index (χ3n) is 3.59. The highest BCUT2D eigenvalue weighted by atomic mass is 32.2. The van der Waals surface area contributed by atoms with Gasteiger partial charge in [0.05, 0.1) is 11.4 Å². The van der Waals surface area contributed by atoms with Gasteiger partial charge in [-0.15, -0.1) is 0 Å². The number of hydrogen-bond acceptors (Lipinski definition) is 6. The first-order valence-electron chi connectivity index (χ1n) is 7.64. The van der Waals surface area contributed by atoms with Gasteiger partial charge in [0.25, 0.3) is 0 Å². The summed E-state index contributed by atoms with van der Waals surface area (Å²) in [5, 5.41) is 4.07. The summed E-state index contributed by atoms with van der Waals surface area (Å²) in [4.78, 5) is 9.16. The van der Waals surface area contributed by atoms with E-state index in [1.807, 2.05) is 24.3 Å². The Labute approximate surface area is 148 Å². The molecule has 0 aliphatic carbocycles. The van der Waals surface area contributed by atoms with Crippen LogP contribution in [-0.4, -0.2) is 14.5 Å². The SMILES string of the molecule is c1ccc(Cc2noc(CSC3=Nc4ccccc4CS3)n2)cc1. The van der Waals surface area contributed by atoms with Crippen molar-refractivity contribution in [2.75, 3.05) is 0 Å². The van der Waals surface area contributed by atoms with Gasteiger partial charge in [-0.25, -0.2) is 4.99 Å². The van der Waals surface area contributed by atoms with E-state index in [9.17, 15) is 0 Å². The summed E-state index contributed by atoms with van der Waals surface area (Å²) in [6.07, 6.45) is 0.693. The summed E-state index contributed by atoms with van der Waals surface area (Å²) < 4.78 is 6.40. The van der Waals surface area contributed by atoms with Gasteiger partial charge in [0.2, 0.25) is 5.89 Å². The number of para-hydroxylation sites is 1. The number of benzene rings is 2. The highest BCUT2D eigenvalue weighted by Gasteiger charge is 2.14. The molecule has 0 unspecified atom stereocenters. The zero-order chi connectivity index (χ0) is 16.2. The van der Waals surface area contributed by atoms with Crippen LogP contribution in [0.25, 0.3) is 0 Å². The Hall–Kier alpha value is -2.05. The maximum absolute atomic E-state index is 5.35. The Balaban J connectivity index is 1.38. The van der Waals surface area contributed by atoms with Crippen molar-refractivity contribution in [3.8, 4) is 0 Å². The van der Waals surface area contributed by atoms with Crippen LogP contribution in [0, 0.1) is 0 Å². The monoisotopic (exact) mass is 353 g/mol. The van der Waals surface area contributed by atoms with Crippen LogP contribution in [0.15, 0.2) is 64.1 Å². The molecule has 0 fully saturated rings. The van der Waals surface area contributed by atoms with E-state index in [1.54, 1.807) is 23.5 Å². The van der Waals surface area contributed by atoms with Crippen molar-refractivity contribution in [1.82, 2.24) is 10.1 Å². The number of thioether (sulfide) groups is 2. The molecule has 4 rings (SSSR count). The molecule has 24 heavy (non-hydrogen) atoms. The van der Waals surface area contributed by atoms with E-state index in [4.69, 9.17) is 4.52 Å². The normalized spacial score (nSPS) is 13.4. The van der Waals surface area contributed by atoms with E-state index in [0.717, 1.165) is 21.6 Å². The van der Waals surface area contributed by atoms with Gasteiger partial charge in [0.1, 0.15) is 4.38 Å². The molecule has 0 saturated carbocycles. The van der Waals surface area contributed by atoms with Crippen molar-refractivity contribution >= 4 is 33.6 Å². The topological polar surface area (TPSA) is 51.3 Å². The van der Waals surface area contributed by atoms with Gasteiger partial charge in [-0.2, -0.15) is 4.98 Å². The van der Waals surface area contributed by atoms with Crippen LogP contribution < -0.4 is 0 Å². The molecule has 0 N–H and O–H groups in total. The zero-order valence-corrected chi connectivity index (χ0v) is 14.5. The lowest BCUT2D eigenvalue weighted by atomic mass is 10.1. The minimum absolute atomic E-state index is 0.646. The van der Waals surface area contributed by atoms with E-state index < -0.39 is 0 Å². The lowest BCUT2D eigenvalue weighted by molar-refractivity contribution is 0.386. The molecule has 0 atom stereocenters. The highest BCUT2D eigenvalue weighted by Crippen LogP contribution is 2.35. The Bertz CT molecular complexity index is 861. The average Bonchev–Trinajstić information content (AvgIpc) is 3.08. The van der Waals surface area contributed by atoms with Gasteiger partial charge in [-0.1, -0.05) is 77.2 Å². The number of nitrogens with zero attached hydrogens (tertiary/aromatic N) is 3. The van der Waals surface area contributed by atoms with Crippen molar-refractivity contribution in [3.63, 3.8) is 0 Å². The molecule has 120 valence electrons. The van der Waals surface area contributed by atoms with Gasteiger partial charge in [-0.05, 0) is 17.2 Å². The van der Waals surface area contributed by atoms with E-state index in [0.29, 0.717) is 18.1 Å². The smallest absolute Gasteiger partial charge is 0.237 e. The molecule has 1 aliphatic heterocycles. The molecule has 2 aromatic carbocycles. The molecule has 2 heterocycles. The largest absolute Gasteiger partial charge is 0.338 e. The zero-order valence-electron chi connectivity index (χ0n) is 12.9. The summed E-state index contributed by atoms with van der Waals surface area (Å²) in [5.74, 6) is 2.98. The quantitative estimate of drug-likeness (QED) is 0.672. The van der Waals surface area contributed by atoms with E-state index in [1.165, 1.54) is 11.1 Å². The second kappa shape index (κ2) is 7.23. The van der Waals surface area contributed by atoms with Crippen molar-refractivity contribution in [2.24, 2.45) is 4.99 Å². The maximum Gasteiger partial charge on any atom is 0.237 e. The van der Waals surface area contributed by atoms with Crippen LogP contribution in [0.2, 0.25) is 0 Å². The van der Waals surface area contributed by atoms with Gasteiger partial charge < -0.3 is 4.52 Å². The fourth-order valence-electron chi connectivity index (χ4n) is 2.41. The van der Waals surface area contributed by atoms with Gasteiger partial charge in [0, 0.05) is 12.2 Å². The molecular weight excluding hydrogens is 338 g/mol. The molecule has 3 aromatic rings. The number of aliphatic imine (C=N–C) groups is 1. The first-order valence-corrected chi connectivity index (χ1v) is 9.61. The summed E-state index contributed by atoms with van der Waals surface area (Å²) in [6, 6.07) is 18.4. The Kier molecular flexibility index (Phi) is 4.66. The number of fused-ring (bicyclic) bond motifs is 1. The number of rotatable bonds is 4. The fraction of sp³-hybridized carbons (Fsp3) is 0.167. The van der Waals surface area contributed by atoms with Crippen LogP contribution in [0.3, 0.4) is 0 Å². The second-order valence-electron chi connectivity index (χ2n) is 5.35. The van der Waals surface area contributed by atoms with E-state index >= 15 is 0 Å². The van der Waals surface area contributed by atoms with Crippen LogP contribution in [0.1, 0.15) is 22.8 Å².